The molecule has 1 aliphatic rings. The third kappa shape index (κ3) is 10.5. The van der Waals surface area contributed by atoms with Crippen LogP contribution in [0.5, 0.6) is 5.75 Å². The van der Waals surface area contributed by atoms with Crippen LogP contribution in [0.2, 0.25) is 0 Å². The summed E-state index contributed by atoms with van der Waals surface area (Å²) in [6.07, 6.45) is -0.900. The maximum Gasteiger partial charge on any atom is 0.258 e. The minimum atomic E-state index is -4.03. The molecular formula is C38H51N5O6S2. The van der Waals surface area contributed by atoms with Crippen LogP contribution in [0.25, 0.3) is 10.2 Å². The number of aliphatic hydroxyl groups is 1. The summed E-state index contributed by atoms with van der Waals surface area (Å²) in [5.41, 5.74) is 3.47. The number of carbonyl (C=O) groups excluding carboxylic acids is 1. The number of aliphatic hydroxyl groups excluding tert-OH is 1. The lowest BCUT2D eigenvalue weighted by Gasteiger charge is -2.30. The van der Waals surface area contributed by atoms with E-state index in [0.29, 0.717) is 12.2 Å². The van der Waals surface area contributed by atoms with Crippen molar-refractivity contribution in [2.24, 2.45) is 5.92 Å². The molecule has 1 aliphatic heterocycles. The maximum absolute atomic E-state index is 14.3. The van der Waals surface area contributed by atoms with E-state index in [0.717, 1.165) is 71.4 Å². The molecule has 11 nitrogen and oxygen atoms in total. The number of nitrogens with one attached hydrogen (secondary N) is 1. The summed E-state index contributed by atoms with van der Waals surface area (Å²) in [6, 6.07) is 19.5. The molecule has 1 fully saturated rings. The number of thiazole rings is 1. The number of morpholine rings is 1. The molecule has 13 heteroatoms. The number of hydrogen-bond donors (Lipinski definition) is 2. The standard InChI is InChI=1S/C38H51N5O6S2/c1-27(2)24-43(51(46,47)31-14-15-32-35(23-31)50-38(40-32)41(5)16-17-42-18-20-48-21-19-42)25-34(44)33(22-30-12-7-6-8-13-30)39-36(45)26-49-37-28(3)10-9-11-29(37)4/h6-15,23,27,33-34,44H,16-22,24-26H2,1-5H3,(H,39,45)/t33?,34-/m1/s1. The van der Waals surface area contributed by atoms with E-state index >= 15 is 0 Å². The predicted molar refractivity (Wildman–Crippen MR) is 203 cm³/mol. The van der Waals surface area contributed by atoms with Gasteiger partial charge >= 0.3 is 0 Å². The van der Waals surface area contributed by atoms with Crippen LogP contribution in [-0.4, -0.2) is 112 Å². The summed E-state index contributed by atoms with van der Waals surface area (Å²) < 4.78 is 42.0. The van der Waals surface area contributed by atoms with Gasteiger partial charge in [-0.1, -0.05) is 73.7 Å². The highest BCUT2D eigenvalue weighted by molar-refractivity contribution is 7.89. The first-order valence-corrected chi connectivity index (χ1v) is 19.8. The molecule has 2 heterocycles. The second kappa shape index (κ2) is 17.8. The molecule has 2 atom stereocenters. The smallest absolute Gasteiger partial charge is 0.258 e. The van der Waals surface area contributed by atoms with Crippen LogP contribution in [0.3, 0.4) is 0 Å². The zero-order chi connectivity index (χ0) is 36.5. The average Bonchev–Trinajstić information content (AvgIpc) is 3.54. The summed E-state index contributed by atoms with van der Waals surface area (Å²) in [5, 5.41) is 15.4. The van der Waals surface area contributed by atoms with E-state index in [1.54, 1.807) is 18.2 Å². The van der Waals surface area contributed by atoms with Crippen LogP contribution < -0.4 is 15.0 Å². The number of nitrogens with zero attached hydrogens (tertiary/aromatic N) is 4. The van der Waals surface area contributed by atoms with Crippen molar-refractivity contribution in [3.8, 4) is 5.75 Å². The van der Waals surface area contributed by atoms with Gasteiger partial charge in [0.25, 0.3) is 5.91 Å². The summed E-state index contributed by atoms with van der Waals surface area (Å²) in [4.78, 5) is 22.6. The van der Waals surface area contributed by atoms with Crippen LogP contribution >= 0.6 is 11.3 Å². The lowest BCUT2D eigenvalue weighted by molar-refractivity contribution is -0.124. The van der Waals surface area contributed by atoms with Crippen molar-refractivity contribution >= 4 is 42.6 Å². The highest BCUT2D eigenvalue weighted by atomic mass is 32.2. The second-order valence-corrected chi connectivity index (χ2v) is 16.6. The lowest BCUT2D eigenvalue weighted by atomic mass is 10.0. The number of rotatable bonds is 17. The Hall–Kier alpha value is -3.59. The highest BCUT2D eigenvalue weighted by Gasteiger charge is 2.32. The van der Waals surface area contributed by atoms with Gasteiger partial charge in [-0.2, -0.15) is 4.31 Å². The van der Waals surface area contributed by atoms with Gasteiger partial charge in [-0.25, -0.2) is 13.4 Å². The fraction of sp³-hybridized carbons (Fsp3) is 0.474. The normalized spacial score (nSPS) is 15.3. The van der Waals surface area contributed by atoms with E-state index in [-0.39, 0.29) is 30.5 Å². The van der Waals surface area contributed by atoms with E-state index in [2.05, 4.69) is 15.1 Å². The maximum atomic E-state index is 14.3. The van der Waals surface area contributed by atoms with Crippen molar-refractivity contribution < 1.29 is 27.8 Å². The van der Waals surface area contributed by atoms with Gasteiger partial charge in [0.15, 0.2) is 11.7 Å². The molecular weight excluding hydrogens is 687 g/mol. The first-order valence-electron chi connectivity index (χ1n) is 17.5. The molecule has 0 saturated carbocycles. The summed E-state index contributed by atoms with van der Waals surface area (Å²) in [7, 11) is -2.02. The number of amides is 1. The molecule has 0 spiro atoms. The Bertz CT molecular complexity index is 1830. The molecule has 276 valence electrons. The van der Waals surface area contributed by atoms with Gasteiger partial charge in [0.05, 0.1) is 40.5 Å². The van der Waals surface area contributed by atoms with Gasteiger partial charge in [0, 0.05) is 46.3 Å². The molecule has 2 N–H and O–H groups in total. The number of anilines is 1. The van der Waals surface area contributed by atoms with Crippen molar-refractivity contribution in [2.75, 3.05) is 71.0 Å². The monoisotopic (exact) mass is 737 g/mol. The van der Waals surface area contributed by atoms with Crippen molar-refractivity contribution in [1.82, 2.24) is 19.5 Å². The van der Waals surface area contributed by atoms with Crippen LogP contribution in [0.15, 0.2) is 71.6 Å². The zero-order valence-corrected chi connectivity index (χ0v) is 31.9. The Morgan fingerprint density at radius 2 is 1.75 bits per heavy atom. The fourth-order valence-corrected chi connectivity index (χ4v) is 8.87. The lowest BCUT2D eigenvalue weighted by Crippen LogP contribution is -2.52. The zero-order valence-electron chi connectivity index (χ0n) is 30.2. The highest BCUT2D eigenvalue weighted by Crippen LogP contribution is 2.31. The number of para-hydroxylation sites is 1. The van der Waals surface area contributed by atoms with Gasteiger partial charge in [0.2, 0.25) is 10.0 Å². The number of ether oxygens (including phenoxy) is 2. The van der Waals surface area contributed by atoms with Crippen molar-refractivity contribution in [3.05, 3.63) is 83.4 Å². The topological polar surface area (TPSA) is 125 Å². The van der Waals surface area contributed by atoms with E-state index in [1.807, 2.05) is 83.3 Å². The third-order valence-electron chi connectivity index (χ3n) is 8.99. The molecule has 51 heavy (non-hydrogen) atoms. The Morgan fingerprint density at radius 3 is 2.43 bits per heavy atom. The van der Waals surface area contributed by atoms with Crippen LogP contribution in [-0.2, 0) is 26.0 Å². The molecule has 4 aromatic rings. The SMILES string of the molecule is Cc1cccc(C)c1OCC(=O)NC(Cc1ccccc1)[C@H](O)CN(CC(C)C)S(=O)(=O)c1ccc2nc(N(C)CCN3CCOCC3)sc2c1. The number of likely N-dealkylation sites (N-methyl/N-ethyl adjacent to an activating group) is 1. The fourth-order valence-electron chi connectivity index (χ4n) is 6.16. The second-order valence-electron chi connectivity index (χ2n) is 13.7. The van der Waals surface area contributed by atoms with Crippen LogP contribution in [0, 0.1) is 19.8 Å². The average molecular weight is 738 g/mol. The summed E-state index contributed by atoms with van der Waals surface area (Å²) in [6.45, 7) is 12.5. The van der Waals surface area contributed by atoms with Crippen LogP contribution in [0.1, 0.15) is 30.5 Å². The number of hydrogen-bond acceptors (Lipinski definition) is 10. The van der Waals surface area contributed by atoms with Gasteiger partial charge in [-0.05, 0) is 61.1 Å². The van der Waals surface area contributed by atoms with E-state index in [9.17, 15) is 18.3 Å². The largest absolute Gasteiger partial charge is 0.483 e. The summed E-state index contributed by atoms with van der Waals surface area (Å²) in [5.74, 6) is 0.225. The first-order chi connectivity index (χ1) is 24.4. The number of benzene rings is 3. The Kier molecular flexibility index (Phi) is 13.5. The minimum absolute atomic E-state index is 0.0151. The molecule has 1 amide bonds. The summed E-state index contributed by atoms with van der Waals surface area (Å²) >= 11 is 1.46. The molecule has 5 rings (SSSR count). The van der Waals surface area contributed by atoms with Crippen molar-refractivity contribution in [3.63, 3.8) is 0 Å². The quantitative estimate of drug-likeness (QED) is 0.161. The van der Waals surface area contributed by atoms with Crippen molar-refractivity contribution in [2.45, 2.75) is 51.2 Å². The molecule has 1 aromatic heterocycles. The minimum Gasteiger partial charge on any atom is -0.483 e. The van der Waals surface area contributed by atoms with Crippen molar-refractivity contribution in [1.29, 1.82) is 0 Å². The molecule has 0 radical (unpaired) electrons. The molecule has 1 unspecified atom stereocenters. The Labute approximate surface area is 306 Å². The number of aryl methyl sites for hydroxylation is 2. The predicted octanol–water partition coefficient (Wildman–Crippen LogP) is 4.50. The Balaban J connectivity index is 1.32. The van der Waals surface area contributed by atoms with E-state index < -0.39 is 28.1 Å². The van der Waals surface area contributed by atoms with Gasteiger partial charge in [0.1, 0.15) is 5.75 Å². The first kappa shape index (κ1) is 38.6. The Morgan fingerprint density at radius 1 is 1.04 bits per heavy atom. The third-order valence-corrected chi connectivity index (χ3v) is 12.0. The van der Waals surface area contributed by atoms with Gasteiger partial charge < -0.3 is 24.8 Å². The molecule has 0 bridgehead atoms. The number of carbonyl (C=O) groups is 1. The van der Waals surface area contributed by atoms with Crippen LogP contribution in [0.4, 0.5) is 5.13 Å². The van der Waals surface area contributed by atoms with Gasteiger partial charge in [-0.15, -0.1) is 0 Å². The van der Waals surface area contributed by atoms with E-state index in [4.69, 9.17) is 14.5 Å². The number of sulfonamides is 1. The number of fused-ring (bicyclic) bond motifs is 1. The molecule has 3 aromatic carbocycles. The van der Waals surface area contributed by atoms with E-state index in [1.165, 1.54) is 15.6 Å². The molecule has 0 aliphatic carbocycles. The van der Waals surface area contributed by atoms with Gasteiger partial charge in [-0.3, -0.25) is 9.69 Å². The number of aromatic nitrogens is 1. The molecule has 1 saturated heterocycles.